The number of hydrogen-bond acceptors (Lipinski definition) is 6. The summed E-state index contributed by atoms with van der Waals surface area (Å²) in [4.78, 5) is 37.6. The Morgan fingerprint density at radius 1 is 1.15 bits per heavy atom. The predicted molar refractivity (Wildman–Crippen MR) is 119 cm³/mol. The van der Waals surface area contributed by atoms with E-state index in [-0.39, 0.29) is 4.90 Å². The number of morpholine rings is 1. The van der Waals surface area contributed by atoms with Crippen LogP contribution in [0.5, 0.6) is 5.75 Å². The molecule has 3 aliphatic rings. The van der Waals surface area contributed by atoms with Gasteiger partial charge in [0.25, 0.3) is 5.91 Å². The van der Waals surface area contributed by atoms with Gasteiger partial charge in [0.2, 0.25) is 11.8 Å². The molecular formula is C25H27N3O5. The first-order chi connectivity index (χ1) is 24.6. The van der Waals surface area contributed by atoms with E-state index in [9.17, 15) is 14.4 Å². The van der Waals surface area contributed by atoms with E-state index in [1.54, 1.807) is 5.32 Å². The van der Waals surface area contributed by atoms with Gasteiger partial charge in [0, 0.05) is 45.3 Å². The normalized spacial score (nSPS) is 41.6. The van der Waals surface area contributed by atoms with Crippen molar-refractivity contribution in [1.82, 2.24) is 15.1 Å². The van der Waals surface area contributed by atoms with Gasteiger partial charge in [-0.3, -0.25) is 24.6 Å². The standard InChI is InChI=1S/C25H27N3O5/c29-23-9-8-21(24(30)26-23)28-15-20-19(25(28)31)2-1-3-22(20)33-16-18-6-4-17(5-7-18)14-27-10-12-32-13-11-27/h1-7,21H,8-16H2,(H,26,29,30)/i1D,2D,3D,4D,5D,6D,7D,10D2,11D2,12D2,13D2,14D2,15D2,16D2,21D. The van der Waals surface area contributed by atoms with E-state index in [4.69, 9.17) is 34.9 Å². The van der Waals surface area contributed by atoms with Gasteiger partial charge in [-0.05, 0) is 29.6 Å². The number of carbonyl (C=O) groups is 3. The summed E-state index contributed by atoms with van der Waals surface area (Å²) in [6.07, 6.45) is -1.30. The monoisotopic (exact) mass is 471 g/mol. The van der Waals surface area contributed by atoms with Gasteiger partial charge in [-0.1, -0.05) is 30.2 Å². The van der Waals surface area contributed by atoms with E-state index in [0.29, 0.717) is 0 Å². The lowest BCUT2D eigenvalue weighted by Gasteiger charge is -2.29. The zero-order chi connectivity index (χ0) is 42.4. The van der Waals surface area contributed by atoms with Crippen molar-refractivity contribution in [3.05, 3.63) is 64.6 Å². The molecule has 0 bridgehead atoms. The summed E-state index contributed by atoms with van der Waals surface area (Å²) in [7, 11) is 0. The fraction of sp³-hybridized carbons (Fsp3) is 0.400. The van der Waals surface area contributed by atoms with Crippen LogP contribution in [0.15, 0.2) is 42.3 Å². The van der Waals surface area contributed by atoms with Crippen LogP contribution in [0.25, 0.3) is 0 Å². The van der Waals surface area contributed by atoms with E-state index in [2.05, 4.69) is 4.74 Å². The summed E-state index contributed by atoms with van der Waals surface area (Å²) in [5.74, 6) is -5.23. The number of ether oxygens (including phenoxy) is 2. The molecule has 33 heavy (non-hydrogen) atoms. The molecule has 0 aromatic heterocycles. The van der Waals surface area contributed by atoms with Crippen LogP contribution in [0.2, 0.25) is 0 Å². The van der Waals surface area contributed by atoms with Crippen molar-refractivity contribution >= 4 is 17.7 Å². The smallest absolute Gasteiger partial charge is 0.255 e. The minimum Gasteiger partial charge on any atom is -0.489 e. The first-order valence-corrected chi connectivity index (χ1v) is 9.23. The first-order valence-electron chi connectivity index (χ1n) is 20.2. The van der Waals surface area contributed by atoms with E-state index in [1.165, 1.54) is 0 Å². The van der Waals surface area contributed by atoms with Crippen molar-refractivity contribution in [2.75, 3.05) is 26.1 Å². The summed E-state index contributed by atoms with van der Waals surface area (Å²) in [6.45, 7) is -26.7. The third-order valence-corrected chi connectivity index (χ3v) is 4.38. The highest BCUT2D eigenvalue weighted by molar-refractivity contribution is 6.05. The molecule has 0 aliphatic carbocycles. The molecule has 3 aliphatic heterocycles. The fourth-order valence-electron chi connectivity index (χ4n) is 2.90. The lowest BCUT2D eigenvalue weighted by Crippen LogP contribution is -2.52. The SMILES string of the molecule is [2H]c1c([2H])c(OC([2H])([2H])c2c([2H])c([2H])c(C([2H])([2H])N3C([2H])([2H])C([2H])([2H])OC([2H])([2H])C3([2H])[2H])c([2H])c2[2H])c2c(c1[2H])C(=O)N(C1([2H])CCC(=O)NC1=O)C2([2H])[2H]. The summed E-state index contributed by atoms with van der Waals surface area (Å²) in [5, 5.41) is 1.79. The molecule has 2 saturated heterocycles. The average molecular weight is 472 g/mol. The molecule has 0 spiro atoms. The molecule has 1 atom stereocenters. The molecule has 0 saturated carbocycles. The van der Waals surface area contributed by atoms with Crippen LogP contribution in [0.1, 0.15) is 70.0 Å². The first kappa shape index (κ1) is 7.92. The minimum absolute atomic E-state index is 0.00599. The quantitative estimate of drug-likeness (QED) is 0.647. The topological polar surface area (TPSA) is 88.2 Å². The predicted octanol–water partition coefficient (Wildman–Crippen LogP) is 1.86. The Kier molecular flexibility index (Phi) is 2.24. The van der Waals surface area contributed by atoms with Crippen LogP contribution in [0.4, 0.5) is 0 Å². The number of rotatable bonds is 6. The van der Waals surface area contributed by atoms with E-state index >= 15 is 0 Å². The number of nitrogens with one attached hydrogen (secondary N) is 1. The highest BCUT2D eigenvalue weighted by Gasteiger charge is 2.40. The molecule has 2 aromatic rings. The number of carbonyl (C=O) groups excluding carboxylic acids is 3. The zero-order valence-electron chi connectivity index (χ0n) is 38.3. The zero-order valence-corrected chi connectivity index (χ0v) is 16.3. The van der Waals surface area contributed by atoms with Crippen LogP contribution in [-0.4, -0.2) is 59.7 Å². The van der Waals surface area contributed by atoms with Crippen molar-refractivity contribution in [2.45, 2.75) is 38.4 Å². The van der Waals surface area contributed by atoms with Crippen LogP contribution in [0.3, 0.4) is 0 Å². The van der Waals surface area contributed by atoms with Crippen molar-refractivity contribution in [1.29, 1.82) is 0 Å². The van der Waals surface area contributed by atoms with Crippen LogP contribution >= 0.6 is 0 Å². The summed E-state index contributed by atoms with van der Waals surface area (Å²) in [6, 6.07) is -12.6. The number of hydrogen-bond donors (Lipinski definition) is 1. The van der Waals surface area contributed by atoms with Gasteiger partial charge >= 0.3 is 0 Å². The Labute approximate surface area is 223 Å². The van der Waals surface area contributed by atoms with Gasteiger partial charge in [-0.25, -0.2) is 0 Å². The molecule has 2 aromatic carbocycles. The molecule has 8 heteroatoms. The number of imide groups is 1. The Morgan fingerprint density at radius 2 is 1.91 bits per heavy atom. The molecule has 0 radical (unpaired) electrons. The molecule has 8 nitrogen and oxygen atoms in total. The third-order valence-electron chi connectivity index (χ3n) is 4.38. The molecular weight excluding hydrogens is 422 g/mol. The molecule has 2 fully saturated rings. The highest BCUT2D eigenvalue weighted by atomic mass is 16.5. The lowest BCUT2D eigenvalue weighted by atomic mass is 10.0. The van der Waals surface area contributed by atoms with Crippen molar-refractivity contribution in [3.8, 4) is 5.75 Å². The van der Waals surface area contributed by atoms with Gasteiger partial charge in [0.15, 0.2) is 0 Å². The van der Waals surface area contributed by atoms with Crippen LogP contribution < -0.4 is 10.1 Å². The number of amides is 3. The number of nitrogens with zero attached hydrogens (tertiary/aromatic N) is 2. The number of piperidine rings is 1. The fourth-order valence-corrected chi connectivity index (χ4v) is 2.90. The van der Waals surface area contributed by atoms with E-state index in [1.807, 2.05) is 0 Å². The Balaban J connectivity index is 1.69. The summed E-state index contributed by atoms with van der Waals surface area (Å²) < 4.78 is 194. The van der Waals surface area contributed by atoms with Crippen LogP contribution in [-0.2, 0) is 33.9 Å². The molecule has 1 unspecified atom stereocenters. The number of fused-ring (bicyclic) bond motifs is 1. The molecule has 172 valence electrons. The largest absolute Gasteiger partial charge is 0.489 e. The van der Waals surface area contributed by atoms with Gasteiger partial charge in [-0.15, -0.1) is 0 Å². The van der Waals surface area contributed by atoms with Gasteiger partial charge in [-0.2, -0.15) is 0 Å². The lowest BCUT2D eigenvalue weighted by molar-refractivity contribution is -0.136. The Bertz CT molecular complexity index is 2020. The van der Waals surface area contributed by atoms with Gasteiger partial charge in [0.05, 0.1) is 41.5 Å². The summed E-state index contributed by atoms with van der Waals surface area (Å²) >= 11 is 0. The van der Waals surface area contributed by atoms with Crippen molar-refractivity contribution in [3.63, 3.8) is 0 Å². The minimum atomic E-state index is -4.00. The van der Waals surface area contributed by atoms with E-state index < -0.39 is 157 Å². The second-order valence-electron chi connectivity index (χ2n) is 6.46. The maximum absolute atomic E-state index is 13.7. The van der Waals surface area contributed by atoms with Gasteiger partial charge in [0.1, 0.15) is 18.3 Å². The molecule has 3 heterocycles. The second-order valence-corrected chi connectivity index (χ2v) is 6.46. The highest BCUT2D eigenvalue weighted by Crippen LogP contribution is 2.34. The van der Waals surface area contributed by atoms with Gasteiger partial charge < -0.3 is 14.4 Å². The second kappa shape index (κ2) is 9.33. The summed E-state index contributed by atoms with van der Waals surface area (Å²) in [5.41, 5.74) is -5.20. The van der Waals surface area contributed by atoms with E-state index in [0.717, 1.165) is 0 Å². The third kappa shape index (κ3) is 4.62. The molecule has 5 rings (SSSR count). The average Bonchev–Trinajstić information content (AvgIpc) is 3.22. The Hall–Kier alpha value is -3.23. The van der Waals surface area contributed by atoms with Crippen molar-refractivity contribution < 1.29 is 54.0 Å². The maximum atomic E-state index is 13.7. The molecule has 1 N–H and O–H groups in total. The van der Waals surface area contributed by atoms with Crippen LogP contribution in [0, 0.1) is 0 Å². The number of benzene rings is 2. The van der Waals surface area contributed by atoms with Crippen molar-refractivity contribution in [2.24, 2.45) is 0 Å². The Morgan fingerprint density at radius 3 is 2.67 bits per heavy atom. The maximum Gasteiger partial charge on any atom is 0.255 e. The molecule has 3 amide bonds.